The van der Waals surface area contributed by atoms with Crippen LogP contribution in [-0.4, -0.2) is 43.4 Å². The molecule has 1 aromatic heterocycles. The van der Waals surface area contributed by atoms with Crippen molar-refractivity contribution in [2.75, 3.05) is 13.6 Å². The summed E-state index contributed by atoms with van der Waals surface area (Å²) < 4.78 is 38.2. The molecule has 0 saturated carbocycles. The van der Waals surface area contributed by atoms with Crippen molar-refractivity contribution in [1.82, 2.24) is 14.7 Å². The quantitative estimate of drug-likeness (QED) is 0.621. The molecule has 1 aromatic carbocycles. The number of rotatable bonds is 6. The summed E-state index contributed by atoms with van der Waals surface area (Å²) in [4.78, 5) is 15.5. The second-order valence-corrected chi connectivity index (χ2v) is 6.83. The highest BCUT2D eigenvalue weighted by Gasteiger charge is 2.22. The second kappa shape index (κ2) is 7.75. The summed E-state index contributed by atoms with van der Waals surface area (Å²) in [6.45, 7) is -0.423. The predicted molar refractivity (Wildman–Crippen MR) is 86.2 cm³/mol. The minimum Gasteiger partial charge on any atom is -0.272 e. The van der Waals surface area contributed by atoms with Crippen molar-refractivity contribution in [3.8, 4) is 0 Å². The SMILES string of the molecule is CN(CC(=O)N/N=C\c1ccncc1)S(=O)(=O)c1ccc(F)cc1. The van der Waals surface area contributed by atoms with Crippen LogP contribution in [0.15, 0.2) is 58.8 Å². The zero-order valence-corrected chi connectivity index (χ0v) is 13.6. The Labute approximate surface area is 138 Å². The Bertz CT molecular complexity index is 824. The Kier molecular flexibility index (Phi) is 5.72. The van der Waals surface area contributed by atoms with Crippen LogP contribution < -0.4 is 5.43 Å². The number of carbonyl (C=O) groups excluding carboxylic acids is 1. The molecule has 126 valence electrons. The second-order valence-electron chi connectivity index (χ2n) is 4.79. The van der Waals surface area contributed by atoms with Crippen molar-refractivity contribution < 1.29 is 17.6 Å². The molecule has 0 bridgehead atoms. The van der Waals surface area contributed by atoms with Crippen LogP contribution in [0.2, 0.25) is 0 Å². The van der Waals surface area contributed by atoms with Crippen molar-refractivity contribution in [3.05, 3.63) is 60.2 Å². The maximum atomic E-state index is 12.9. The van der Waals surface area contributed by atoms with Gasteiger partial charge in [0.1, 0.15) is 5.82 Å². The van der Waals surface area contributed by atoms with E-state index in [1.807, 2.05) is 0 Å². The van der Waals surface area contributed by atoms with E-state index in [0.717, 1.165) is 34.1 Å². The summed E-state index contributed by atoms with van der Waals surface area (Å²) in [6, 6.07) is 7.75. The van der Waals surface area contributed by atoms with E-state index in [2.05, 4.69) is 15.5 Å². The molecular formula is C15H15FN4O3S. The van der Waals surface area contributed by atoms with Crippen LogP contribution in [-0.2, 0) is 14.8 Å². The van der Waals surface area contributed by atoms with Gasteiger partial charge in [-0.3, -0.25) is 9.78 Å². The van der Waals surface area contributed by atoms with Crippen molar-refractivity contribution in [1.29, 1.82) is 0 Å². The lowest BCUT2D eigenvalue weighted by Gasteiger charge is -2.15. The first-order chi connectivity index (χ1) is 11.4. The van der Waals surface area contributed by atoms with Crippen LogP contribution in [0.25, 0.3) is 0 Å². The summed E-state index contributed by atoms with van der Waals surface area (Å²) in [6.07, 6.45) is 4.56. The molecule has 0 aliphatic rings. The fraction of sp³-hybridized carbons (Fsp3) is 0.133. The average Bonchev–Trinajstić information content (AvgIpc) is 2.56. The van der Waals surface area contributed by atoms with Gasteiger partial charge in [0.05, 0.1) is 17.7 Å². The highest BCUT2D eigenvalue weighted by atomic mass is 32.2. The maximum absolute atomic E-state index is 12.9. The van der Waals surface area contributed by atoms with Crippen LogP contribution in [0.5, 0.6) is 0 Å². The topological polar surface area (TPSA) is 91.7 Å². The van der Waals surface area contributed by atoms with Gasteiger partial charge in [0.15, 0.2) is 0 Å². The number of hydrogen-bond donors (Lipinski definition) is 1. The Morgan fingerprint density at radius 2 is 1.88 bits per heavy atom. The first-order valence-electron chi connectivity index (χ1n) is 6.83. The van der Waals surface area contributed by atoms with E-state index in [9.17, 15) is 17.6 Å². The molecule has 9 heteroatoms. The van der Waals surface area contributed by atoms with Crippen LogP contribution in [0.3, 0.4) is 0 Å². The fourth-order valence-electron chi connectivity index (χ4n) is 1.74. The summed E-state index contributed by atoms with van der Waals surface area (Å²) in [7, 11) is -2.63. The smallest absolute Gasteiger partial charge is 0.255 e. The number of sulfonamides is 1. The number of carbonyl (C=O) groups is 1. The van der Waals surface area contributed by atoms with Crippen LogP contribution in [0.4, 0.5) is 4.39 Å². The lowest BCUT2D eigenvalue weighted by Crippen LogP contribution is -2.36. The number of aromatic nitrogens is 1. The number of nitrogens with zero attached hydrogens (tertiary/aromatic N) is 3. The van der Waals surface area contributed by atoms with E-state index in [-0.39, 0.29) is 4.90 Å². The zero-order valence-electron chi connectivity index (χ0n) is 12.8. The number of benzene rings is 1. The van der Waals surface area contributed by atoms with Gasteiger partial charge in [-0.15, -0.1) is 0 Å². The van der Waals surface area contributed by atoms with E-state index in [1.54, 1.807) is 24.5 Å². The first-order valence-corrected chi connectivity index (χ1v) is 8.27. The zero-order chi connectivity index (χ0) is 17.6. The molecule has 0 radical (unpaired) electrons. The standard InChI is InChI=1S/C15H15FN4O3S/c1-20(24(22,23)14-4-2-13(16)3-5-14)11-15(21)19-18-10-12-6-8-17-9-7-12/h2-10H,11H2,1H3,(H,19,21)/b18-10-. The predicted octanol–water partition coefficient (Wildman–Crippen LogP) is 0.991. The summed E-state index contributed by atoms with van der Waals surface area (Å²) in [5.41, 5.74) is 2.97. The number of likely N-dealkylation sites (N-methyl/N-ethyl adjacent to an activating group) is 1. The van der Waals surface area contributed by atoms with Crippen molar-refractivity contribution in [2.24, 2.45) is 5.10 Å². The van der Waals surface area contributed by atoms with E-state index in [4.69, 9.17) is 0 Å². The number of hydrogen-bond acceptors (Lipinski definition) is 5. The molecule has 24 heavy (non-hydrogen) atoms. The van der Waals surface area contributed by atoms with Gasteiger partial charge in [-0.05, 0) is 42.0 Å². The summed E-state index contributed by atoms with van der Waals surface area (Å²) in [5.74, 6) is -1.15. The number of hydrazone groups is 1. The Morgan fingerprint density at radius 1 is 1.25 bits per heavy atom. The van der Waals surface area contributed by atoms with Crippen molar-refractivity contribution >= 4 is 22.1 Å². The van der Waals surface area contributed by atoms with Crippen molar-refractivity contribution in [2.45, 2.75) is 4.90 Å². The molecule has 0 fully saturated rings. The van der Waals surface area contributed by atoms with Gasteiger partial charge in [0.2, 0.25) is 10.0 Å². The monoisotopic (exact) mass is 350 g/mol. The van der Waals surface area contributed by atoms with Crippen LogP contribution in [0.1, 0.15) is 5.56 Å². The van der Waals surface area contributed by atoms with E-state index < -0.39 is 28.3 Å². The van der Waals surface area contributed by atoms with Crippen LogP contribution in [0, 0.1) is 5.82 Å². The molecule has 1 N–H and O–H groups in total. The molecular weight excluding hydrogens is 335 g/mol. The maximum Gasteiger partial charge on any atom is 0.255 e. The lowest BCUT2D eigenvalue weighted by atomic mass is 10.3. The van der Waals surface area contributed by atoms with Gasteiger partial charge in [-0.25, -0.2) is 18.2 Å². The lowest BCUT2D eigenvalue weighted by molar-refractivity contribution is -0.121. The van der Waals surface area contributed by atoms with Gasteiger partial charge in [0, 0.05) is 19.4 Å². The van der Waals surface area contributed by atoms with Gasteiger partial charge >= 0.3 is 0 Å². The minimum absolute atomic E-state index is 0.0977. The highest BCUT2D eigenvalue weighted by Crippen LogP contribution is 2.14. The molecule has 0 saturated heterocycles. The third-order valence-electron chi connectivity index (χ3n) is 3.00. The van der Waals surface area contributed by atoms with Gasteiger partial charge in [0.25, 0.3) is 5.91 Å². The summed E-state index contributed by atoms with van der Waals surface area (Å²) >= 11 is 0. The van der Waals surface area contributed by atoms with Crippen molar-refractivity contribution in [3.63, 3.8) is 0 Å². The van der Waals surface area contributed by atoms with E-state index in [1.165, 1.54) is 13.3 Å². The van der Waals surface area contributed by atoms with Gasteiger partial charge in [-0.2, -0.15) is 9.41 Å². The number of halogens is 1. The number of amides is 1. The van der Waals surface area contributed by atoms with Gasteiger partial charge < -0.3 is 0 Å². The Hall–Kier alpha value is -2.65. The normalized spacial score (nSPS) is 11.8. The summed E-state index contributed by atoms with van der Waals surface area (Å²) in [5, 5.41) is 3.74. The third kappa shape index (κ3) is 4.67. The number of nitrogens with one attached hydrogen (secondary N) is 1. The molecule has 0 atom stereocenters. The largest absolute Gasteiger partial charge is 0.272 e. The van der Waals surface area contributed by atoms with E-state index >= 15 is 0 Å². The van der Waals surface area contributed by atoms with Crippen LogP contribution >= 0.6 is 0 Å². The Balaban J connectivity index is 1.95. The van der Waals surface area contributed by atoms with Gasteiger partial charge in [-0.1, -0.05) is 0 Å². The molecule has 0 aliphatic heterocycles. The fourth-order valence-corrected chi connectivity index (χ4v) is 2.86. The number of pyridine rings is 1. The molecule has 2 aromatic rings. The first kappa shape index (κ1) is 17.7. The molecule has 0 unspecified atom stereocenters. The Morgan fingerprint density at radius 3 is 2.50 bits per heavy atom. The molecule has 1 heterocycles. The molecule has 0 spiro atoms. The minimum atomic E-state index is -3.88. The molecule has 0 aliphatic carbocycles. The molecule has 1 amide bonds. The average molecular weight is 350 g/mol. The highest BCUT2D eigenvalue weighted by molar-refractivity contribution is 7.89. The molecule has 7 nitrogen and oxygen atoms in total. The van der Waals surface area contributed by atoms with E-state index in [0.29, 0.717) is 0 Å². The third-order valence-corrected chi connectivity index (χ3v) is 4.81. The molecule has 2 rings (SSSR count).